The first-order valence-corrected chi connectivity index (χ1v) is 8.94. The summed E-state index contributed by atoms with van der Waals surface area (Å²) in [7, 11) is -1.31. The van der Waals surface area contributed by atoms with Crippen molar-refractivity contribution in [2.45, 2.75) is 38.0 Å². The first-order chi connectivity index (χ1) is 9.59. The molecule has 0 aromatic heterocycles. The highest BCUT2D eigenvalue weighted by Crippen LogP contribution is 2.33. The quantitative estimate of drug-likeness (QED) is 0.685. The van der Waals surface area contributed by atoms with Gasteiger partial charge >= 0.3 is 0 Å². The summed E-state index contributed by atoms with van der Waals surface area (Å²) < 4.78 is 26.6. The van der Waals surface area contributed by atoms with Crippen LogP contribution in [0.1, 0.15) is 36.8 Å². The van der Waals surface area contributed by atoms with Crippen molar-refractivity contribution in [3.8, 4) is 0 Å². The van der Waals surface area contributed by atoms with Crippen molar-refractivity contribution < 1.29 is 8.42 Å². The van der Waals surface area contributed by atoms with Gasteiger partial charge in [-0.2, -0.15) is 0 Å². The number of benzene rings is 1. The maximum absolute atomic E-state index is 11.9. The third-order valence-corrected chi connectivity index (χ3v) is 4.93. The molecule has 0 amide bonds. The van der Waals surface area contributed by atoms with Crippen molar-refractivity contribution in [1.29, 1.82) is 0 Å². The molecule has 0 atom stereocenters. The van der Waals surface area contributed by atoms with E-state index in [1.165, 1.54) is 12.8 Å². The predicted octanol–water partition coefficient (Wildman–Crippen LogP) is 2.02. The molecule has 1 aliphatic rings. The fraction of sp³-hybridized carbons (Fsp3) is 0.600. The third kappa shape index (κ3) is 5.61. The molecule has 1 aromatic rings. The smallest absolute Gasteiger partial charge is 0.215 e. The molecule has 20 heavy (non-hydrogen) atoms. The standard InChI is InChI=1S/C15H24N2O2S/c1-16-11-14-6-8-15(9-7-14)12-20(18,19)17-10-2-3-13-4-5-13/h6-9,13,16-17H,2-5,10-12H2,1H3. The Hall–Kier alpha value is -0.910. The molecule has 2 rings (SSSR count). The highest BCUT2D eigenvalue weighted by atomic mass is 32.2. The van der Waals surface area contributed by atoms with Gasteiger partial charge in [0.05, 0.1) is 5.75 Å². The van der Waals surface area contributed by atoms with Crippen LogP contribution in [0.2, 0.25) is 0 Å². The second-order valence-electron chi connectivity index (χ2n) is 5.59. The molecule has 4 nitrogen and oxygen atoms in total. The van der Waals surface area contributed by atoms with Crippen LogP contribution >= 0.6 is 0 Å². The molecule has 0 spiro atoms. The van der Waals surface area contributed by atoms with E-state index < -0.39 is 10.0 Å². The van der Waals surface area contributed by atoms with Gasteiger partial charge in [0.1, 0.15) is 0 Å². The van der Waals surface area contributed by atoms with Gasteiger partial charge in [-0.05, 0) is 36.9 Å². The largest absolute Gasteiger partial charge is 0.316 e. The minimum Gasteiger partial charge on any atom is -0.316 e. The molecule has 1 fully saturated rings. The number of rotatable bonds is 9. The maximum atomic E-state index is 11.9. The van der Waals surface area contributed by atoms with Gasteiger partial charge in [0.15, 0.2) is 0 Å². The Kier molecular flexibility index (Phi) is 5.57. The lowest BCUT2D eigenvalue weighted by molar-refractivity contribution is 0.572. The first-order valence-electron chi connectivity index (χ1n) is 7.29. The van der Waals surface area contributed by atoms with Gasteiger partial charge in [-0.3, -0.25) is 0 Å². The topological polar surface area (TPSA) is 58.2 Å². The van der Waals surface area contributed by atoms with Crippen molar-refractivity contribution >= 4 is 10.0 Å². The Morgan fingerprint density at radius 2 is 1.80 bits per heavy atom. The van der Waals surface area contributed by atoms with Crippen LogP contribution in [0.25, 0.3) is 0 Å². The van der Waals surface area contributed by atoms with Crippen LogP contribution in [0.15, 0.2) is 24.3 Å². The summed E-state index contributed by atoms with van der Waals surface area (Å²) in [6.45, 7) is 1.36. The van der Waals surface area contributed by atoms with Gasteiger partial charge in [-0.25, -0.2) is 13.1 Å². The second kappa shape index (κ2) is 7.20. The fourth-order valence-corrected chi connectivity index (χ4v) is 3.44. The van der Waals surface area contributed by atoms with Crippen LogP contribution in [0, 0.1) is 5.92 Å². The van der Waals surface area contributed by atoms with Crippen LogP contribution in [0.3, 0.4) is 0 Å². The van der Waals surface area contributed by atoms with Crippen molar-refractivity contribution in [3.63, 3.8) is 0 Å². The normalized spacial score (nSPS) is 15.4. The second-order valence-corrected chi connectivity index (χ2v) is 7.39. The highest BCUT2D eigenvalue weighted by molar-refractivity contribution is 7.88. The highest BCUT2D eigenvalue weighted by Gasteiger charge is 2.20. The van der Waals surface area contributed by atoms with Crippen LogP contribution in [-0.4, -0.2) is 22.0 Å². The Morgan fingerprint density at radius 3 is 2.40 bits per heavy atom. The summed E-state index contributed by atoms with van der Waals surface area (Å²) in [6, 6.07) is 7.70. The summed E-state index contributed by atoms with van der Waals surface area (Å²) in [5, 5.41) is 3.07. The molecule has 1 aromatic carbocycles. The summed E-state index contributed by atoms with van der Waals surface area (Å²) in [6.07, 6.45) is 4.75. The molecule has 0 radical (unpaired) electrons. The van der Waals surface area contributed by atoms with Crippen LogP contribution in [0.5, 0.6) is 0 Å². The van der Waals surface area contributed by atoms with Gasteiger partial charge < -0.3 is 5.32 Å². The van der Waals surface area contributed by atoms with Crippen LogP contribution < -0.4 is 10.0 Å². The molecule has 0 bridgehead atoms. The fourth-order valence-electron chi connectivity index (χ4n) is 2.25. The average Bonchev–Trinajstić information content (AvgIpc) is 3.21. The van der Waals surface area contributed by atoms with Crippen LogP contribution in [-0.2, 0) is 22.3 Å². The Balaban J connectivity index is 1.77. The monoisotopic (exact) mass is 296 g/mol. The molecule has 5 heteroatoms. The van der Waals surface area contributed by atoms with Crippen molar-refractivity contribution in [3.05, 3.63) is 35.4 Å². The van der Waals surface area contributed by atoms with E-state index in [4.69, 9.17) is 0 Å². The van der Waals surface area contributed by atoms with E-state index in [1.54, 1.807) is 0 Å². The predicted molar refractivity (Wildman–Crippen MR) is 81.8 cm³/mol. The number of hydrogen-bond donors (Lipinski definition) is 2. The zero-order chi connectivity index (χ0) is 14.4. The molecule has 1 saturated carbocycles. The molecular weight excluding hydrogens is 272 g/mol. The lowest BCUT2D eigenvalue weighted by Gasteiger charge is -2.07. The summed E-state index contributed by atoms with van der Waals surface area (Å²) >= 11 is 0. The molecule has 2 N–H and O–H groups in total. The molecule has 0 aliphatic heterocycles. The Bertz CT molecular complexity index is 507. The van der Waals surface area contributed by atoms with Gasteiger partial charge in [0.25, 0.3) is 0 Å². The van der Waals surface area contributed by atoms with Crippen LogP contribution in [0.4, 0.5) is 0 Å². The van der Waals surface area contributed by atoms with Crippen molar-refractivity contribution in [2.24, 2.45) is 5.92 Å². The van der Waals surface area contributed by atoms with E-state index in [9.17, 15) is 8.42 Å². The van der Waals surface area contributed by atoms with Crippen molar-refractivity contribution in [2.75, 3.05) is 13.6 Å². The Morgan fingerprint density at radius 1 is 1.15 bits per heavy atom. The van der Waals surface area contributed by atoms with Gasteiger partial charge in [0.2, 0.25) is 10.0 Å². The zero-order valence-corrected chi connectivity index (χ0v) is 12.9. The van der Waals surface area contributed by atoms with Gasteiger partial charge in [-0.1, -0.05) is 37.1 Å². The summed E-state index contributed by atoms with van der Waals surface area (Å²) in [4.78, 5) is 0. The lowest BCUT2D eigenvalue weighted by Crippen LogP contribution is -2.26. The lowest BCUT2D eigenvalue weighted by atomic mass is 10.1. The maximum Gasteiger partial charge on any atom is 0.215 e. The van der Waals surface area contributed by atoms with E-state index in [0.29, 0.717) is 6.54 Å². The summed E-state index contributed by atoms with van der Waals surface area (Å²) in [5.74, 6) is 0.926. The molecular formula is C15H24N2O2S. The van der Waals surface area contributed by atoms with Gasteiger partial charge in [0, 0.05) is 13.1 Å². The minimum absolute atomic E-state index is 0.0657. The SMILES string of the molecule is CNCc1ccc(CS(=O)(=O)NCCCC2CC2)cc1. The molecule has 0 unspecified atom stereocenters. The van der Waals surface area contributed by atoms with Gasteiger partial charge in [-0.15, -0.1) is 0 Å². The van der Waals surface area contributed by atoms with E-state index in [1.807, 2.05) is 31.3 Å². The first kappa shape index (κ1) is 15.5. The summed E-state index contributed by atoms with van der Waals surface area (Å²) in [5.41, 5.74) is 1.99. The number of sulfonamides is 1. The van der Waals surface area contributed by atoms with E-state index >= 15 is 0 Å². The third-order valence-electron chi connectivity index (χ3n) is 3.57. The molecule has 112 valence electrons. The molecule has 0 saturated heterocycles. The van der Waals surface area contributed by atoms with E-state index in [-0.39, 0.29) is 5.75 Å². The minimum atomic E-state index is -3.20. The number of nitrogens with one attached hydrogen (secondary N) is 2. The molecule has 1 aliphatic carbocycles. The Labute approximate surface area is 122 Å². The van der Waals surface area contributed by atoms with E-state index in [0.717, 1.165) is 36.4 Å². The average molecular weight is 296 g/mol. The van der Waals surface area contributed by atoms with E-state index in [2.05, 4.69) is 10.0 Å². The zero-order valence-electron chi connectivity index (χ0n) is 12.1. The van der Waals surface area contributed by atoms with Crippen molar-refractivity contribution in [1.82, 2.24) is 10.0 Å². The number of hydrogen-bond acceptors (Lipinski definition) is 3. The molecule has 0 heterocycles.